The van der Waals surface area contributed by atoms with Crippen molar-refractivity contribution in [3.8, 4) is 0 Å². The largest absolute Gasteiger partial charge is 0.350 e. The van der Waals surface area contributed by atoms with Crippen molar-refractivity contribution < 1.29 is 9.72 Å². The molecule has 0 bridgehead atoms. The molecule has 0 saturated heterocycles. The lowest BCUT2D eigenvalue weighted by Crippen LogP contribution is -2.34. The molecule has 0 spiro atoms. The van der Waals surface area contributed by atoms with Crippen molar-refractivity contribution in [3.05, 3.63) is 61.3 Å². The molecule has 1 aromatic heterocycles. The van der Waals surface area contributed by atoms with Gasteiger partial charge in [-0.05, 0) is 37.7 Å². The van der Waals surface area contributed by atoms with Crippen molar-refractivity contribution in [2.24, 2.45) is 0 Å². The number of nitro groups is 1. The normalized spacial score (nSPS) is 12.2. The van der Waals surface area contributed by atoms with E-state index in [1.54, 1.807) is 11.3 Å². The molecule has 1 aromatic carbocycles. The summed E-state index contributed by atoms with van der Waals surface area (Å²) < 4.78 is 0. The Balaban J connectivity index is 2.14. The second kappa shape index (κ2) is 7.54. The quantitative estimate of drug-likeness (QED) is 0.638. The number of carbonyl (C=O) groups excluding carboxylic acids is 1. The van der Waals surface area contributed by atoms with Crippen LogP contribution in [0, 0.1) is 10.1 Å². The minimum atomic E-state index is -0.608. The van der Waals surface area contributed by atoms with Crippen LogP contribution in [0.5, 0.6) is 0 Å². The first kappa shape index (κ1) is 17.4. The minimum Gasteiger partial charge on any atom is -0.350 e. The SMILES string of the molecule is CN(C)C(CNC(=O)c1ccc(Cl)cc1[N+](=O)[O-])c1cccs1. The summed E-state index contributed by atoms with van der Waals surface area (Å²) >= 11 is 7.36. The molecule has 23 heavy (non-hydrogen) atoms. The zero-order valence-corrected chi connectivity index (χ0v) is 14.2. The highest BCUT2D eigenvalue weighted by atomic mass is 35.5. The summed E-state index contributed by atoms with van der Waals surface area (Å²) in [5, 5.41) is 16.0. The number of likely N-dealkylation sites (N-methyl/N-ethyl adjacent to an activating group) is 1. The highest BCUT2D eigenvalue weighted by Gasteiger charge is 2.22. The summed E-state index contributed by atoms with van der Waals surface area (Å²) in [6.45, 7) is 0.353. The summed E-state index contributed by atoms with van der Waals surface area (Å²) in [5.41, 5.74) is -0.296. The molecule has 0 fully saturated rings. The van der Waals surface area contributed by atoms with Gasteiger partial charge < -0.3 is 10.2 Å². The highest BCUT2D eigenvalue weighted by Crippen LogP contribution is 2.25. The Bertz CT molecular complexity index is 704. The number of amides is 1. The molecule has 1 atom stereocenters. The molecule has 0 aliphatic carbocycles. The van der Waals surface area contributed by atoms with E-state index in [1.807, 2.05) is 36.5 Å². The Morgan fingerprint density at radius 2 is 2.17 bits per heavy atom. The van der Waals surface area contributed by atoms with E-state index in [9.17, 15) is 14.9 Å². The van der Waals surface area contributed by atoms with Crippen LogP contribution in [0.2, 0.25) is 5.02 Å². The lowest BCUT2D eigenvalue weighted by atomic mass is 10.1. The van der Waals surface area contributed by atoms with Gasteiger partial charge in [0.15, 0.2) is 0 Å². The van der Waals surface area contributed by atoms with E-state index in [1.165, 1.54) is 18.2 Å². The average Bonchev–Trinajstić information content (AvgIpc) is 3.00. The molecule has 0 saturated carbocycles. The molecule has 1 unspecified atom stereocenters. The van der Waals surface area contributed by atoms with Gasteiger partial charge in [-0.15, -0.1) is 11.3 Å². The molecule has 6 nitrogen and oxygen atoms in total. The summed E-state index contributed by atoms with van der Waals surface area (Å²) in [4.78, 5) is 25.9. The standard InChI is InChI=1S/C15H16ClN3O3S/c1-18(2)13(14-4-3-7-23-14)9-17-15(20)11-6-5-10(16)8-12(11)19(21)22/h3-8,13H,9H2,1-2H3,(H,17,20). The molecular weight excluding hydrogens is 338 g/mol. The molecule has 8 heteroatoms. The van der Waals surface area contributed by atoms with Gasteiger partial charge in [0.2, 0.25) is 0 Å². The van der Waals surface area contributed by atoms with Crippen LogP contribution in [-0.2, 0) is 0 Å². The molecular formula is C15H16ClN3O3S. The van der Waals surface area contributed by atoms with Gasteiger partial charge in [-0.1, -0.05) is 17.7 Å². The topological polar surface area (TPSA) is 75.5 Å². The first-order chi connectivity index (χ1) is 10.9. The predicted molar refractivity (Wildman–Crippen MR) is 91.2 cm³/mol. The maximum Gasteiger partial charge on any atom is 0.283 e. The highest BCUT2D eigenvalue weighted by molar-refractivity contribution is 7.10. The van der Waals surface area contributed by atoms with E-state index >= 15 is 0 Å². The molecule has 0 radical (unpaired) electrons. The van der Waals surface area contributed by atoms with E-state index in [2.05, 4.69) is 5.32 Å². The maximum absolute atomic E-state index is 12.3. The Hall–Kier alpha value is -1.96. The fourth-order valence-corrected chi connectivity index (χ4v) is 3.24. The number of halogens is 1. The Labute approximate surface area is 142 Å². The number of carbonyl (C=O) groups is 1. The van der Waals surface area contributed by atoms with Crippen LogP contribution in [0.15, 0.2) is 35.7 Å². The Morgan fingerprint density at radius 1 is 1.43 bits per heavy atom. The second-order valence-electron chi connectivity index (χ2n) is 5.12. The first-order valence-electron chi connectivity index (χ1n) is 6.82. The van der Waals surface area contributed by atoms with Crippen molar-refractivity contribution in [3.63, 3.8) is 0 Å². The van der Waals surface area contributed by atoms with Gasteiger partial charge in [0.25, 0.3) is 11.6 Å². The summed E-state index contributed by atoms with van der Waals surface area (Å²) in [5.74, 6) is -0.489. The molecule has 122 valence electrons. The Kier molecular flexibility index (Phi) is 5.70. The minimum absolute atomic E-state index is 0.00286. The van der Waals surface area contributed by atoms with Crippen LogP contribution in [0.3, 0.4) is 0 Å². The third-order valence-electron chi connectivity index (χ3n) is 3.35. The van der Waals surface area contributed by atoms with Gasteiger partial charge in [-0.2, -0.15) is 0 Å². The van der Waals surface area contributed by atoms with Gasteiger partial charge >= 0.3 is 0 Å². The van der Waals surface area contributed by atoms with Crippen molar-refractivity contribution in [2.45, 2.75) is 6.04 Å². The number of nitrogens with zero attached hydrogens (tertiary/aromatic N) is 2. The number of rotatable bonds is 6. The van der Waals surface area contributed by atoms with Gasteiger partial charge in [0.1, 0.15) is 5.56 Å². The Morgan fingerprint density at radius 3 is 2.74 bits per heavy atom. The van der Waals surface area contributed by atoms with Crippen molar-refractivity contribution in [1.82, 2.24) is 10.2 Å². The summed E-state index contributed by atoms with van der Waals surface area (Å²) in [7, 11) is 3.84. The van der Waals surface area contributed by atoms with Crippen LogP contribution in [0.4, 0.5) is 5.69 Å². The molecule has 1 heterocycles. The molecule has 2 aromatic rings. The first-order valence-corrected chi connectivity index (χ1v) is 8.08. The molecule has 2 rings (SSSR count). The van der Waals surface area contributed by atoms with E-state index in [0.717, 1.165) is 4.88 Å². The van der Waals surface area contributed by atoms with Crippen LogP contribution >= 0.6 is 22.9 Å². The van der Waals surface area contributed by atoms with E-state index < -0.39 is 10.8 Å². The molecule has 0 aliphatic heterocycles. The zero-order chi connectivity index (χ0) is 17.0. The fraction of sp³-hybridized carbons (Fsp3) is 0.267. The number of thiophene rings is 1. The van der Waals surface area contributed by atoms with Crippen LogP contribution in [-0.4, -0.2) is 36.4 Å². The van der Waals surface area contributed by atoms with E-state index in [0.29, 0.717) is 6.54 Å². The third-order valence-corrected chi connectivity index (χ3v) is 4.56. The predicted octanol–water partition coefficient (Wildman–Crippen LogP) is 3.34. The van der Waals surface area contributed by atoms with Crippen molar-refractivity contribution >= 4 is 34.5 Å². The van der Waals surface area contributed by atoms with Gasteiger partial charge in [0.05, 0.1) is 11.0 Å². The number of nitro benzene ring substituents is 1. The lowest BCUT2D eigenvalue weighted by Gasteiger charge is -2.23. The lowest BCUT2D eigenvalue weighted by molar-refractivity contribution is -0.385. The second-order valence-corrected chi connectivity index (χ2v) is 6.54. The summed E-state index contributed by atoms with van der Waals surface area (Å²) in [6, 6.07) is 7.95. The number of hydrogen-bond acceptors (Lipinski definition) is 5. The van der Waals surface area contributed by atoms with Gasteiger partial charge in [-0.25, -0.2) is 0 Å². The third kappa shape index (κ3) is 4.28. The molecule has 1 amide bonds. The van der Waals surface area contributed by atoms with Crippen LogP contribution < -0.4 is 5.32 Å². The van der Waals surface area contributed by atoms with Crippen molar-refractivity contribution in [1.29, 1.82) is 0 Å². The monoisotopic (exact) mass is 353 g/mol. The van der Waals surface area contributed by atoms with Crippen molar-refractivity contribution in [2.75, 3.05) is 20.6 Å². The van der Waals surface area contributed by atoms with Gasteiger partial charge in [-0.3, -0.25) is 14.9 Å². The van der Waals surface area contributed by atoms with Crippen LogP contribution in [0.25, 0.3) is 0 Å². The number of benzene rings is 1. The van der Waals surface area contributed by atoms with E-state index in [4.69, 9.17) is 11.6 Å². The zero-order valence-electron chi connectivity index (χ0n) is 12.7. The summed E-state index contributed by atoms with van der Waals surface area (Å²) in [6.07, 6.45) is 0. The number of nitrogens with one attached hydrogen (secondary N) is 1. The molecule has 0 aliphatic rings. The molecule has 1 N–H and O–H groups in total. The smallest absolute Gasteiger partial charge is 0.283 e. The number of hydrogen-bond donors (Lipinski definition) is 1. The maximum atomic E-state index is 12.3. The van der Waals surface area contributed by atoms with E-state index in [-0.39, 0.29) is 22.3 Å². The fourth-order valence-electron chi connectivity index (χ4n) is 2.15. The van der Waals surface area contributed by atoms with Crippen LogP contribution in [0.1, 0.15) is 21.3 Å². The van der Waals surface area contributed by atoms with Gasteiger partial charge in [0, 0.05) is 22.5 Å². The average molecular weight is 354 g/mol.